The molecule has 4 heterocycles. The summed E-state index contributed by atoms with van der Waals surface area (Å²) in [4.78, 5) is 19.1. The topological polar surface area (TPSA) is 108 Å². The Morgan fingerprint density at radius 2 is 2.10 bits per heavy atom. The Hall–Kier alpha value is -3.94. The van der Waals surface area contributed by atoms with Crippen LogP contribution in [0.3, 0.4) is 0 Å². The maximum Gasteiger partial charge on any atom is 0.417 e. The van der Waals surface area contributed by atoms with Crippen LogP contribution < -0.4 is 5.32 Å². The van der Waals surface area contributed by atoms with Gasteiger partial charge in [-0.05, 0) is 12.5 Å². The van der Waals surface area contributed by atoms with Crippen LogP contribution in [0.25, 0.3) is 22.3 Å². The number of nitrogens with one attached hydrogen (secondary N) is 2. The zero-order chi connectivity index (χ0) is 21.1. The fourth-order valence-corrected chi connectivity index (χ4v) is 2.99. The first-order valence-corrected chi connectivity index (χ1v) is 8.97. The van der Waals surface area contributed by atoms with Crippen LogP contribution >= 0.6 is 0 Å². The van der Waals surface area contributed by atoms with E-state index in [0.29, 0.717) is 12.1 Å². The molecule has 0 aliphatic carbocycles. The van der Waals surface area contributed by atoms with E-state index in [4.69, 9.17) is 0 Å². The lowest BCUT2D eigenvalue weighted by Gasteiger charge is -2.09. The molecule has 4 aromatic heterocycles. The second-order valence-corrected chi connectivity index (χ2v) is 6.47. The minimum atomic E-state index is -4.53. The van der Waals surface area contributed by atoms with Crippen molar-refractivity contribution in [2.45, 2.75) is 19.1 Å². The predicted octanol–water partition coefficient (Wildman–Crippen LogP) is 3.61. The molecule has 0 unspecified atom stereocenters. The SMILES string of the molecule is N#Cc1cnc(NCCCn2ccnc2)nc1-c1c[nH]c2ncc(C(F)(F)F)cc12. The molecule has 0 amide bonds. The highest BCUT2D eigenvalue weighted by Crippen LogP contribution is 2.34. The quantitative estimate of drug-likeness (QED) is 0.469. The number of hydrogen-bond acceptors (Lipinski definition) is 6. The number of aryl methyl sites for hydroxylation is 1. The zero-order valence-electron chi connectivity index (χ0n) is 15.5. The summed E-state index contributed by atoms with van der Waals surface area (Å²) in [7, 11) is 0. The van der Waals surface area contributed by atoms with Gasteiger partial charge < -0.3 is 14.9 Å². The van der Waals surface area contributed by atoms with Crippen LogP contribution in [0.2, 0.25) is 0 Å². The van der Waals surface area contributed by atoms with E-state index in [2.05, 4.69) is 30.2 Å². The van der Waals surface area contributed by atoms with Crippen molar-refractivity contribution in [3.05, 3.63) is 54.5 Å². The molecule has 0 bridgehead atoms. The molecule has 0 atom stereocenters. The van der Waals surface area contributed by atoms with Gasteiger partial charge in [0.2, 0.25) is 5.95 Å². The molecule has 0 aromatic carbocycles. The second kappa shape index (κ2) is 7.82. The first-order valence-electron chi connectivity index (χ1n) is 8.97. The van der Waals surface area contributed by atoms with E-state index in [9.17, 15) is 18.4 Å². The fraction of sp³-hybridized carbons (Fsp3) is 0.211. The van der Waals surface area contributed by atoms with Gasteiger partial charge in [0.1, 0.15) is 11.7 Å². The highest BCUT2D eigenvalue weighted by atomic mass is 19.4. The third kappa shape index (κ3) is 3.93. The molecule has 4 rings (SSSR count). The number of aromatic amines is 1. The van der Waals surface area contributed by atoms with Crippen molar-refractivity contribution in [3.63, 3.8) is 0 Å². The van der Waals surface area contributed by atoms with Crippen molar-refractivity contribution in [1.82, 2.24) is 29.5 Å². The lowest BCUT2D eigenvalue weighted by atomic mass is 10.1. The standard InChI is InChI=1S/C19H15F3N8/c20-19(21,22)13-6-14-15(10-27-17(14)26-9-13)16-12(7-23)8-28-18(29-16)25-2-1-4-30-5-3-24-11-30/h3,5-6,8-11H,1-2,4H2,(H,26,27)(H,25,28,29). The van der Waals surface area contributed by atoms with Crippen LogP contribution in [0.15, 0.2) is 43.4 Å². The van der Waals surface area contributed by atoms with Gasteiger partial charge in [-0.3, -0.25) is 0 Å². The Morgan fingerprint density at radius 1 is 1.23 bits per heavy atom. The highest BCUT2D eigenvalue weighted by Gasteiger charge is 2.31. The van der Waals surface area contributed by atoms with Crippen LogP contribution in [-0.4, -0.2) is 36.0 Å². The molecule has 0 fully saturated rings. The second-order valence-electron chi connectivity index (χ2n) is 6.47. The van der Waals surface area contributed by atoms with Crippen molar-refractivity contribution in [2.75, 3.05) is 11.9 Å². The lowest BCUT2D eigenvalue weighted by Crippen LogP contribution is -2.09. The number of rotatable bonds is 6. The molecular formula is C19H15F3N8. The highest BCUT2D eigenvalue weighted by molar-refractivity contribution is 5.94. The molecule has 0 spiro atoms. The van der Waals surface area contributed by atoms with Gasteiger partial charge in [-0.1, -0.05) is 0 Å². The van der Waals surface area contributed by atoms with E-state index in [1.165, 1.54) is 12.4 Å². The number of pyridine rings is 1. The van der Waals surface area contributed by atoms with Crippen LogP contribution in [0.5, 0.6) is 0 Å². The molecule has 8 nitrogen and oxygen atoms in total. The normalized spacial score (nSPS) is 11.5. The first kappa shape index (κ1) is 19.4. The predicted molar refractivity (Wildman–Crippen MR) is 102 cm³/mol. The monoisotopic (exact) mass is 412 g/mol. The van der Waals surface area contributed by atoms with Crippen LogP contribution in [0, 0.1) is 11.3 Å². The molecule has 0 aliphatic rings. The van der Waals surface area contributed by atoms with Gasteiger partial charge in [0.25, 0.3) is 0 Å². The van der Waals surface area contributed by atoms with Crippen molar-refractivity contribution < 1.29 is 13.2 Å². The average molecular weight is 412 g/mol. The molecule has 0 aliphatic heterocycles. The van der Waals surface area contributed by atoms with Crippen molar-refractivity contribution in [3.8, 4) is 17.3 Å². The number of anilines is 1. The summed E-state index contributed by atoms with van der Waals surface area (Å²) in [5.41, 5.74) is 0.134. The van der Waals surface area contributed by atoms with Gasteiger partial charge in [0.05, 0.1) is 29.3 Å². The summed E-state index contributed by atoms with van der Waals surface area (Å²) in [6.07, 6.45) is 5.13. The average Bonchev–Trinajstić information content (AvgIpc) is 3.39. The Balaban J connectivity index is 1.61. The molecule has 0 saturated heterocycles. The summed E-state index contributed by atoms with van der Waals surface area (Å²) in [5.74, 6) is 0.281. The lowest BCUT2D eigenvalue weighted by molar-refractivity contribution is -0.137. The van der Waals surface area contributed by atoms with Gasteiger partial charge >= 0.3 is 6.18 Å². The van der Waals surface area contributed by atoms with Gasteiger partial charge in [-0.15, -0.1) is 0 Å². The number of alkyl halides is 3. The fourth-order valence-electron chi connectivity index (χ4n) is 2.99. The number of halogens is 3. The third-order valence-electron chi connectivity index (χ3n) is 4.46. The zero-order valence-corrected chi connectivity index (χ0v) is 15.5. The Morgan fingerprint density at radius 3 is 2.83 bits per heavy atom. The maximum absolute atomic E-state index is 13.1. The minimum absolute atomic E-state index is 0.150. The number of nitrogens with zero attached hydrogens (tertiary/aromatic N) is 6. The molecule has 11 heteroatoms. The number of nitriles is 1. The molecule has 0 saturated carbocycles. The summed E-state index contributed by atoms with van der Waals surface area (Å²) >= 11 is 0. The largest absolute Gasteiger partial charge is 0.417 e. The van der Waals surface area contributed by atoms with E-state index in [0.717, 1.165) is 25.2 Å². The van der Waals surface area contributed by atoms with E-state index in [1.54, 1.807) is 12.5 Å². The van der Waals surface area contributed by atoms with Gasteiger partial charge in [-0.25, -0.2) is 19.9 Å². The summed E-state index contributed by atoms with van der Waals surface area (Å²) in [5, 5.41) is 12.7. The van der Waals surface area contributed by atoms with E-state index < -0.39 is 11.7 Å². The van der Waals surface area contributed by atoms with Crippen LogP contribution in [-0.2, 0) is 12.7 Å². The van der Waals surface area contributed by atoms with E-state index in [1.807, 2.05) is 16.8 Å². The minimum Gasteiger partial charge on any atom is -0.354 e. The Bertz CT molecular complexity index is 1200. The summed E-state index contributed by atoms with van der Waals surface area (Å²) in [6, 6.07) is 2.98. The number of H-pyrrole nitrogens is 1. The number of hydrogen-bond donors (Lipinski definition) is 2. The summed E-state index contributed by atoms with van der Waals surface area (Å²) in [6.45, 7) is 1.32. The van der Waals surface area contributed by atoms with Gasteiger partial charge in [-0.2, -0.15) is 18.4 Å². The van der Waals surface area contributed by atoms with E-state index in [-0.39, 0.29) is 28.2 Å². The number of aromatic nitrogens is 6. The van der Waals surface area contributed by atoms with E-state index >= 15 is 0 Å². The van der Waals surface area contributed by atoms with Crippen molar-refractivity contribution in [2.24, 2.45) is 0 Å². The molecule has 2 N–H and O–H groups in total. The maximum atomic E-state index is 13.1. The Kier molecular flexibility index (Phi) is 5.05. The number of imidazole rings is 1. The smallest absolute Gasteiger partial charge is 0.354 e. The van der Waals surface area contributed by atoms with Crippen LogP contribution in [0.4, 0.5) is 19.1 Å². The first-order chi connectivity index (χ1) is 14.5. The molecular weight excluding hydrogens is 397 g/mol. The molecule has 30 heavy (non-hydrogen) atoms. The van der Waals surface area contributed by atoms with Crippen molar-refractivity contribution >= 4 is 17.0 Å². The van der Waals surface area contributed by atoms with Gasteiger partial charge in [0, 0.05) is 48.8 Å². The van der Waals surface area contributed by atoms with Crippen molar-refractivity contribution in [1.29, 1.82) is 5.26 Å². The molecule has 0 radical (unpaired) electrons. The molecule has 152 valence electrons. The molecule has 4 aromatic rings. The summed E-state index contributed by atoms with van der Waals surface area (Å²) < 4.78 is 41.2. The Labute approximate surface area is 168 Å². The van der Waals surface area contributed by atoms with Crippen LogP contribution in [0.1, 0.15) is 17.5 Å². The van der Waals surface area contributed by atoms with Gasteiger partial charge in [0.15, 0.2) is 0 Å². The third-order valence-corrected chi connectivity index (χ3v) is 4.46. The number of fused-ring (bicyclic) bond motifs is 1.